The Balaban J connectivity index is 0.000000270. The van der Waals surface area contributed by atoms with Crippen molar-refractivity contribution in [3.8, 4) is 5.75 Å². The number of ether oxygens (including phenoxy) is 2. The number of rotatable bonds is 19. The Bertz CT molecular complexity index is 2990. The molecule has 0 bridgehead atoms. The van der Waals surface area contributed by atoms with E-state index in [0.717, 1.165) is 44.3 Å². The lowest BCUT2D eigenvalue weighted by atomic mass is 9.76. The van der Waals surface area contributed by atoms with Gasteiger partial charge in [0, 0.05) is 24.6 Å². The number of amides is 2. The molecule has 5 heterocycles. The number of fused-ring (bicyclic) bond motifs is 2. The van der Waals surface area contributed by atoms with E-state index in [1.165, 1.54) is 0 Å². The first-order chi connectivity index (χ1) is 36.3. The molecule has 2 N–H and O–H groups in total. The van der Waals surface area contributed by atoms with Gasteiger partial charge in [-0.1, -0.05) is 146 Å². The molecule has 4 atom stereocenters. The molecule has 4 aliphatic rings. The quantitative estimate of drug-likeness (QED) is 0.0449. The van der Waals surface area contributed by atoms with Crippen molar-refractivity contribution in [3.05, 3.63) is 197 Å². The molecule has 2 amide bonds. The van der Waals surface area contributed by atoms with E-state index in [1.54, 1.807) is 23.5 Å². The van der Waals surface area contributed by atoms with E-state index >= 15 is 4.79 Å². The molecule has 386 valence electrons. The highest BCUT2D eigenvalue weighted by atomic mass is 31.2. The van der Waals surface area contributed by atoms with E-state index in [-0.39, 0.29) is 38.5 Å². The van der Waals surface area contributed by atoms with Gasteiger partial charge in [-0.25, -0.2) is 4.79 Å². The number of phenolic OH excluding ortho intramolecular Hbond substituents is 1. The summed E-state index contributed by atoms with van der Waals surface area (Å²) in [5, 5.41) is 26.6. The second-order valence-electron chi connectivity index (χ2n) is 20.0. The molecule has 4 saturated heterocycles. The van der Waals surface area contributed by atoms with E-state index in [9.17, 15) is 14.7 Å². The zero-order chi connectivity index (χ0) is 52.1. The third-order valence-electron chi connectivity index (χ3n) is 14.0. The van der Waals surface area contributed by atoms with E-state index in [1.807, 2.05) is 157 Å². The zero-order valence-corrected chi connectivity index (χ0v) is 43.7. The predicted octanol–water partition coefficient (Wildman–Crippen LogP) is 9.44. The Morgan fingerprint density at radius 3 is 1.56 bits per heavy atom. The van der Waals surface area contributed by atoms with Crippen LogP contribution in [-0.4, -0.2) is 106 Å². The van der Waals surface area contributed by atoms with Gasteiger partial charge in [-0.3, -0.25) is 9.16 Å². The summed E-state index contributed by atoms with van der Waals surface area (Å²) in [4.78, 5) is 19.5. The molecule has 4 aliphatic heterocycles. The summed E-state index contributed by atoms with van der Waals surface area (Å²) in [5.41, 5.74) is 6.72. The van der Waals surface area contributed by atoms with Crippen LogP contribution in [0.15, 0.2) is 164 Å². The largest absolute Gasteiger partial charge is 0.508 e. The molecule has 0 saturated carbocycles. The minimum absolute atomic E-state index is 0.131. The van der Waals surface area contributed by atoms with Gasteiger partial charge in [0.05, 0.1) is 43.8 Å². The molecule has 0 unspecified atom stereocenters. The molecule has 1 aromatic heterocycles. The third kappa shape index (κ3) is 12.7. The van der Waals surface area contributed by atoms with Crippen LogP contribution < -0.4 is 4.72 Å². The lowest BCUT2D eigenvalue weighted by Gasteiger charge is -2.37. The van der Waals surface area contributed by atoms with Crippen LogP contribution in [0.4, 0.5) is 10.6 Å². The molecular formula is C56H63B3N5O10P. The number of urea groups is 1. The molecule has 0 spiro atoms. The monoisotopic (exact) mass is 1030 g/mol. The number of hydrogen-bond acceptors (Lipinski definition) is 12. The van der Waals surface area contributed by atoms with Crippen molar-refractivity contribution in [2.75, 3.05) is 23.9 Å². The highest BCUT2D eigenvalue weighted by Crippen LogP contribution is 2.49. The first kappa shape index (κ1) is 52.3. The number of carbonyl (C=O) groups excluding carboxylic acids is 1. The topological polar surface area (TPSA) is 164 Å². The number of nitrogens with zero attached hydrogens (tertiary/aromatic N) is 5. The summed E-state index contributed by atoms with van der Waals surface area (Å²) in [6.45, 7) is 9.76. The van der Waals surface area contributed by atoms with Gasteiger partial charge in [0.15, 0.2) is 5.79 Å². The van der Waals surface area contributed by atoms with Gasteiger partial charge in [0.2, 0.25) is 0 Å². The Labute approximate surface area is 440 Å². The minimum Gasteiger partial charge on any atom is -0.508 e. The molecule has 6 aromatic carbocycles. The van der Waals surface area contributed by atoms with Gasteiger partial charge in [0.25, 0.3) is 0 Å². The van der Waals surface area contributed by atoms with Crippen LogP contribution >= 0.6 is 7.60 Å². The highest BCUT2D eigenvalue weighted by Gasteiger charge is 2.56. The van der Waals surface area contributed by atoms with Crippen LogP contribution in [0.25, 0.3) is 10.9 Å². The van der Waals surface area contributed by atoms with Crippen molar-refractivity contribution in [3.63, 3.8) is 0 Å². The lowest BCUT2D eigenvalue weighted by Crippen LogP contribution is -2.51. The summed E-state index contributed by atoms with van der Waals surface area (Å²) >= 11 is 0. The summed E-state index contributed by atoms with van der Waals surface area (Å²) in [5.74, 6) is -0.0469. The van der Waals surface area contributed by atoms with Crippen molar-refractivity contribution < 1.29 is 47.3 Å². The maximum atomic E-state index is 15.5. The molecule has 75 heavy (non-hydrogen) atoms. The lowest BCUT2D eigenvalue weighted by molar-refractivity contribution is -0.157. The molecule has 4 fully saturated rings. The number of benzene rings is 6. The standard InChI is InChI=1S/C40H44B3N5O7.C16H19O3P/c1-40(2)54-36-34(21-27-10-6-4-7-11-27)45(23-29-14-17-31(49)18-15-29)39(50)46(35(37(36)55-40)22-28-12-8-5-9-13-28)24-30-16-19-33-32(20-30)38(44-48(33)41(3)51)47(42-25-52-42)43-26-53-43;1-2-20(17,18-13-15-9-5-3-6-10-15)19-14-16-11-7-4-8-12-16/h4-20,34-37,49,51H,21-26H2,1-3H3;3-12H,2,13-14H2,1H3/t34-,35-,36+,37+;/m1./s1. The Morgan fingerprint density at radius 1 is 0.680 bits per heavy atom. The molecule has 11 rings (SSSR count). The van der Waals surface area contributed by atoms with E-state index in [4.69, 9.17) is 32.9 Å². The molecule has 15 nitrogen and oxygen atoms in total. The Kier molecular flexibility index (Phi) is 16.0. The molecule has 0 radical (unpaired) electrons. The van der Waals surface area contributed by atoms with Crippen LogP contribution in [0.3, 0.4) is 0 Å². The van der Waals surface area contributed by atoms with Crippen LogP contribution in [0.2, 0.25) is 6.82 Å². The zero-order valence-electron chi connectivity index (χ0n) is 42.8. The smallest absolute Gasteiger partial charge is 0.431 e. The van der Waals surface area contributed by atoms with Gasteiger partial charge < -0.3 is 52.5 Å². The maximum Gasteiger partial charge on any atom is 0.431 e. The average molecular weight is 1030 g/mol. The predicted molar refractivity (Wildman–Crippen MR) is 292 cm³/mol. The van der Waals surface area contributed by atoms with Crippen molar-refractivity contribution >= 4 is 51.5 Å². The van der Waals surface area contributed by atoms with Crippen LogP contribution in [-0.2, 0) is 71.5 Å². The van der Waals surface area contributed by atoms with E-state index in [0.29, 0.717) is 57.6 Å². The molecule has 7 aromatic rings. The number of aromatic hydroxyl groups is 1. The second-order valence-corrected chi connectivity index (χ2v) is 22.3. The van der Waals surface area contributed by atoms with Gasteiger partial charge in [-0.15, -0.1) is 0 Å². The summed E-state index contributed by atoms with van der Waals surface area (Å²) < 4.78 is 52.3. The molecule has 19 heteroatoms. The number of anilines is 1. The SMILES string of the molecule is CB(O)n1nc(N(B2CO2)B2CO2)c2cc(CN3C(=O)N(Cc4ccc(O)cc4)[C@H](Cc4ccccc4)[C@@H]4OC(C)(C)O[C@H]4[C@H]3Cc3ccccc3)ccc21.CCP(=O)(OCc1ccccc1)OCc1ccccc1. The summed E-state index contributed by atoms with van der Waals surface area (Å²) in [6, 6.07) is 52.0. The second kappa shape index (κ2) is 23.0. The average Bonchev–Trinajstić information content (AvgIpc) is 4.38. The number of carbonyl (C=O) groups is 1. The van der Waals surface area contributed by atoms with Gasteiger partial charge in [0.1, 0.15) is 23.8 Å². The summed E-state index contributed by atoms with van der Waals surface area (Å²) in [6.07, 6.45) is 0.584. The first-order valence-electron chi connectivity index (χ1n) is 25.8. The Morgan fingerprint density at radius 2 is 1.12 bits per heavy atom. The fourth-order valence-electron chi connectivity index (χ4n) is 10.1. The van der Waals surface area contributed by atoms with Crippen LogP contribution in [0.5, 0.6) is 5.75 Å². The van der Waals surface area contributed by atoms with Gasteiger partial charge in [-0.2, -0.15) is 5.10 Å². The Hall–Kier alpha value is -6.20. The van der Waals surface area contributed by atoms with Gasteiger partial charge in [-0.05, 0) is 91.2 Å². The van der Waals surface area contributed by atoms with Crippen LogP contribution in [0.1, 0.15) is 54.2 Å². The first-order valence-corrected chi connectivity index (χ1v) is 27.5. The highest BCUT2D eigenvalue weighted by molar-refractivity contribution is 7.53. The normalized spacial score (nSPS) is 19.8. The van der Waals surface area contributed by atoms with Crippen molar-refractivity contribution in [1.82, 2.24) is 19.5 Å². The van der Waals surface area contributed by atoms with Gasteiger partial charge >= 0.3 is 34.8 Å². The molecular weight excluding hydrogens is 966 g/mol. The third-order valence-corrected chi connectivity index (χ3v) is 15.8. The van der Waals surface area contributed by atoms with Crippen molar-refractivity contribution in [2.45, 2.75) is 96.8 Å². The molecule has 0 aliphatic carbocycles. The number of hydrogen-bond donors (Lipinski definition) is 2. The van der Waals surface area contributed by atoms with E-state index in [2.05, 4.69) is 30.3 Å². The minimum atomic E-state index is -3.03. The fourth-order valence-corrected chi connectivity index (χ4v) is 11.2. The fraction of sp³-hybridized carbons (Fsp3) is 0.321. The van der Waals surface area contributed by atoms with E-state index < -0.39 is 38.7 Å². The van der Waals surface area contributed by atoms with Crippen molar-refractivity contribution in [1.29, 1.82) is 0 Å². The summed E-state index contributed by atoms with van der Waals surface area (Å²) in [7, 11) is -4.18. The number of aromatic nitrogens is 2. The van der Waals surface area contributed by atoms with Crippen molar-refractivity contribution in [2.24, 2.45) is 0 Å². The van der Waals surface area contributed by atoms with Crippen LogP contribution in [0, 0.1) is 0 Å². The maximum absolute atomic E-state index is 15.5. The number of phenols is 1.